The molecule has 0 radical (unpaired) electrons. The Labute approximate surface area is 129 Å². The Hall–Kier alpha value is -1.81. The van der Waals surface area contributed by atoms with Crippen molar-refractivity contribution < 1.29 is 4.79 Å². The van der Waals surface area contributed by atoms with Crippen LogP contribution in [0.15, 0.2) is 30.5 Å². The molecule has 0 aliphatic carbocycles. The average molecular weight is 304 g/mol. The molecule has 1 atom stereocenters. The Kier molecular flexibility index (Phi) is 3.97. The molecule has 0 saturated carbocycles. The van der Waals surface area contributed by atoms with E-state index >= 15 is 0 Å². The van der Waals surface area contributed by atoms with E-state index in [0.29, 0.717) is 16.5 Å². The molecule has 5 heteroatoms. The van der Waals surface area contributed by atoms with E-state index in [0.717, 1.165) is 31.6 Å². The van der Waals surface area contributed by atoms with Crippen molar-refractivity contribution in [2.45, 2.75) is 25.7 Å². The Morgan fingerprint density at radius 1 is 1.38 bits per heavy atom. The van der Waals surface area contributed by atoms with Crippen LogP contribution in [0.5, 0.6) is 0 Å². The third kappa shape index (κ3) is 2.95. The van der Waals surface area contributed by atoms with Crippen LogP contribution < -0.4 is 0 Å². The van der Waals surface area contributed by atoms with Crippen LogP contribution in [0.1, 0.15) is 40.4 Å². The van der Waals surface area contributed by atoms with Gasteiger partial charge in [0.2, 0.25) is 0 Å². The lowest BCUT2D eigenvalue weighted by molar-refractivity contribution is 0.0705. The Morgan fingerprint density at radius 3 is 2.81 bits per heavy atom. The van der Waals surface area contributed by atoms with Crippen molar-refractivity contribution in [3.05, 3.63) is 52.3 Å². The molecule has 1 aromatic carbocycles. The number of aromatic amines is 1. The van der Waals surface area contributed by atoms with Crippen LogP contribution in [0.25, 0.3) is 0 Å². The van der Waals surface area contributed by atoms with Crippen LogP contribution in [0.3, 0.4) is 0 Å². The zero-order valence-corrected chi connectivity index (χ0v) is 12.7. The monoisotopic (exact) mass is 303 g/mol. The molecule has 0 bridgehead atoms. The quantitative estimate of drug-likeness (QED) is 0.924. The molecule has 0 unspecified atom stereocenters. The maximum Gasteiger partial charge on any atom is 0.253 e. The fourth-order valence-electron chi connectivity index (χ4n) is 2.94. The maximum absolute atomic E-state index is 12.6. The van der Waals surface area contributed by atoms with Gasteiger partial charge in [0, 0.05) is 35.3 Å². The summed E-state index contributed by atoms with van der Waals surface area (Å²) in [5.74, 6) is 0.422. The van der Waals surface area contributed by atoms with Crippen molar-refractivity contribution in [2.24, 2.45) is 0 Å². The van der Waals surface area contributed by atoms with E-state index in [4.69, 9.17) is 11.6 Å². The lowest BCUT2D eigenvalue weighted by Gasteiger charge is -2.32. The first-order chi connectivity index (χ1) is 10.1. The summed E-state index contributed by atoms with van der Waals surface area (Å²) in [7, 11) is 0. The summed E-state index contributed by atoms with van der Waals surface area (Å²) in [6.07, 6.45) is 3.95. The summed E-state index contributed by atoms with van der Waals surface area (Å²) >= 11 is 5.87. The third-order valence-electron chi connectivity index (χ3n) is 4.08. The number of aromatic nitrogens is 2. The predicted molar refractivity (Wildman–Crippen MR) is 82.7 cm³/mol. The second-order valence-electron chi connectivity index (χ2n) is 5.56. The fourth-order valence-corrected chi connectivity index (χ4v) is 3.07. The number of carbonyl (C=O) groups excluding carboxylic acids is 1. The highest BCUT2D eigenvalue weighted by Gasteiger charge is 2.27. The minimum atomic E-state index is 0.0773. The predicted octanol–water partition coefficient (Wildman–Crippen LogP) is 3.39. The number of H-pyrrole nitrogens is 1. The number of nitrogens with zero attached hydrogens (tertiary/aromatic N) is 2. The van der Waals surface area contributed by atoms with Gasteiger partial charge in [-0.3, -0.25) is 9.89 Å². The number of aryl methyl sites for hydroxylation is 1. The highest BCUT2D eigenvalue weighted by atomic mass is 35.5. The van der Waals surface area contributed by atoms with E-state index in [1.165, 1.54) is 5.56 Å². The first kappa shape index (κ1) is 14.1. The maximum atomic E-state index is 12.6. The first-order valence-corrected chi connectivity index (χ1v) is 7.57. The number of amides is 1. The van der Waals surface area contributed by atoms with Crippen LogP contribution in [0.4, 0.5) is 0 Å². The zero-order valence-electron chi connectivity index (χ0n) is 12.0. The highest BCUT2D eigenvalue weighted by Crippen LogP contribution is 2.28. The van der Waals surface area contributed by atoms with Gasteiger partial charge in [0.25, 0.3) is 5.91 Å². The number of carbonyl (C=O) groups is 1. The molecule has 1 saturated heterocycles. The molecule has 0 spiro atoms. The molecule has 3 rings (SSSR count). The number of nitrogens with one attached hydrogen (secondary N) is 1. The summed E-state index contributed by atoms with van der Waals surface area (Å²) in [4.78, 5) is 14.5. The molecular formula is C16H18ClN3O. The second kappa shape index (κ2) is 5.90. The SMILES string of the molecule is Cc1cn[nH]c1[C@H]1CCCN(C(=O)c2ccc(Cl)cc2)C1. The van der Waals surface area contributed by atoms with E-state index in [1.54, 1.807) is 24.3 Å². The molecule has 21 heavy (non-hydrogen) atoms. The van der Waals surface area contributed by atoms with Gasteiger partial charge in [0.1, 0.15) is 0 Å². The van der Waals surface area contributed by atoms with Gasteiger partial charge < -0.3 is 4.90 Å². The molecule has 1 fully saturated rings. The lowest BCUT2D eigenvalue weighted by Crippen LogP contribution is -2.39. The van der Waals surface area contributed by atoms with Gasteiger partial charge in [-0.05, 0) is 49.6 Å². The number of hydrogen-bond donors (Lipinski definition) is 1. The molecule has 1 N–H and O–H groups in total. The third-order valence-corrected chi connectivity index (χ3v) is 4.33. The topological polar surface area (TPSA) is 49.0 Å². The summed E-state index contributed by atoms with van der Waals surface area (Å²) in [6.45, 7) is 3.61. The van der Waals surface area contributed by atoms with Gasteiger partial charge in [0.05, 0.1) is 6.20 Å². The summed E-state index contributed by atoms with van der Waals surface area (Å²) in [6, 6.07) is 7.09. The van der Waals surface area contributed by atoms with Crippen molar-refractivity contribution in [2.75, 3.05) is 13.1 Å². The van der Waals surface area contributed by atoms with E-state index in [2.05, 4.69) is 17.1 Å². The van der Waals surface area contributed by atoms with Crippen molar-refractivity contribution in [3.63, 3.8) is 0 Å². The van der Waals surface area contributed by atoms with E-state index in [1.807, 2.05) is 11.1 Å². The second-order valence-corrected chi connectivity index (χ2v) is 6.00. The van der Waals surface area contributed by atoms with Crippen molar-refractivity contribution in [1.29, 1.82) is 0 Å². The number of likely N-dealkylation sites (tertiary alicyclic amines) is 1. The van der Waals surface area contributed by atoms with Crippen molar-refractivity contribution in [3.8, 4) is 0 Å². The molecule has 1 aliphatic heterocycles. The molecule has 1 amide bonds. The van der Waals surface area contributed by atoms with Gasteiger partial charge in [0.15, 0.2) is 0 Å². The summed E-state index contributed by atoms with van der Waals surface area (Å²) in [5, 5.41) is 7.82. The Morgan fingerprint density at radius 2 is 2.14 bits per heavy atom. The standard InChI is InChI=1S/C16H18ClN3O/c1-11-9-18-19-15(11)13-3-2-8-20(10-13)16(21)12-4-6-14(17)7-5-12/h4-7,9,13H,2-3,8,10H2,1H3,(H,18,19)/t13-/m0/s1. The lowest BCUT2D eigenvalue weighted by atomic mass is 9.92. The Balaban J connectivity index is 1.75. The van der Waals surface area contributed by atoms with Crippen LogP contribution in [-0.4, -0.2) is 34.1 Å². The molecule has 4 nitrogen and oxygen atoms in total. The molecule has 2 heterocycles. The minimum Gasteiger partial charge on any atom is -0.338 e. The average Bonchev–Trinajstić information content (AvgIpc) is 2.94. The summed E-state index contributed by atoms with van der Waals surface area (Å²) in [5.41, 5.74) is 3.02. The number of piperidine rings is 1. The first-order valence-electron chi connectivity index (χ1n) is 7.20. The Bertz CT molecular complexity index is 635. The molecule has 1 aliphatic rings. The van der Waals surface area contributed by atoms with E-state index in [-0.39, 0.29) is 5.91 Å². The smallest absolute Gasteiger partial charge is 0.253 e. The van der Waals surface area contributed by atoms with Gasteiger partial charge in [-0.15, -0.1) is 0 Å². The van der Waals surface area contributed by atoms with E-state index < -0.39 is 0 Å². The highest BCUT2D eigenvalue weighted by molar-refractivity contribution is 6.30. The molecule has 110 valence electrons. The van der Waals surface area contributed by atoms with Gasteiger partial charge in [-0.25, -0.2) is 0 Å². The van der Waals surface area contributed by atoms with Crippen molar-refractivity contribution >= 4 is 17.5 Å². The number of benzene rings is 1. The number of rotatable bonds is 2. The fraction of sp³-hybridized carbons (Fsp3) is 0.375. The zero-order chi connectivity index (χ0) is 14.8. The molecule has 2 aromatic rings. The minimum absolute atomic E-state index is 0.0773. The van der Waals surface area contributed by atoms with Crippen LogP contribution in [0, 0.1) is 6.92 Å². The van der Waals surface area contributed by atoms with Gasteiger partial charge in [-0.2, -0.15) is 5.10 Å². The summed E-state index contributed by atoms with van der Waals surface area (Å²) < 4.78 is 0. The van der Waals surface area contributed by atoms with Crippen LogP contribution in [-0.2, 0) is 0 Å². The number of halogens is 1. The van der Waals surface area contributed by atoms with Gasteiger partial charge >= 0.3 is 0 Å². The number of hydrogen-bond acceptors (Lipinski definition) is 2. The largest absolute Gasteiger partial charge is 0.338 e. The normalized spacial score (nSPS) is 18.8. The van der Waals surface area contributed by atoms with Crippen molar-refractivity contribution in [1.82, 2.24) is 15.1 Å². The van der Waals surface area contributed by atoms with Gasteiger partial charge in [-0.1, -0.05) is 11.6 Å². The van der Waals surface area contributed by atoms with Crippen LogP contribution in [0.2, 0.25) is 5.02 Å². The molecular weight excluding hydrogens is 286 g/mol. The van der Waals surface area contributed by atoms with Crippen LogP contribution >= 0.6 is 11.6 Å². The molecule has 1 aromatic heterocycles. The van der Waals surface area contributed by atoms with E-state index in [9.17, 15) is 4.79 Å².